The van der Waals surface area contributed by atoms with Crippen LogP contribution in [0.4, 0.5) is 5.69 Å². The summed E-state index contributed by atoms with van der Waals surface area (Å²) in [6.07, 6.45) is 4.01. The quantitative estimate of drug-likeness (QED) is 0.915. The number of likely N-dealkylation sites (tertiary alicyclic amines) is 1. The van der Waals surface area contributed by atoms with Crippen LogP contribution in [0.1, 0.15) is 30.3 Å². The average molecular weight is 303 g/mol. The van der Waals surface area contributed by atoms with Crippen LogP contribution in [0.25, 0.3) is 0 Å². The van der Waals surface area contributed by atoms with E-state index in [9.17, 15) is 14.7 Å². The van der Waals surface area contributed by atoms with E-state index >= 15 is 0 Å². The highest BCUT2D eigenvalue weighted by molar-refractivity contribution is 5.93. The number of hydrogen-bond donors (Lipinski definition) is 1. The number of anilines is 1. The Kier molecular flexibility index (Phi) is 4.00. The highest BCUT2D eigenvalue weighted by Gasteiger charge is 2.37. The van der Waals surface area contributed by atoms with Gasteiger partial charge in [-0.1, -0.05) is 6.92 Å². The minimum atomic E-state index is -0.832. The molecule has 1 N–H and O–H groups in total. The maximum atomic E-state index is 12.6. The lowest BCUT2D eigenvalue weighted by molar-refractivity contribution is -0.142. The average Bonchev–Trinajstić information content (AvgIpc) is 3.16. The summed E-state index contributed by atoms with van der Waals surface area (Å²) < 4.78 is 0. The van der Waals surface area contributed by atoms with Crippen molar-refractivity contribution in [2.45, 2.75) is 19.8 Å². The number of rotatable bonds is 3. The van der Waals surface area contributed by atoms with E-state index in [-0.39, 0.29) is 18.4 Å². The summed E-state index contributed by atoms with van der Waals surface area (Å²) in [4.78, 5) is 31.8. The molecule has 0 aliphatic carbocycles. The van der Waals surface area contributed by atoms with Crippen molar-refractivity contribution in [1.29, 1.82) is 0 Å². The molecular formula is C16H21N3O3. The van der Waals surface area contributed by atoms with E-state index in [1.54, 1.807) is 11.1 Å². The smallest absolute Gasteiger partial charge is 0.308 e. The van der Waals surface area contributed by atoms with Crippen LogP contribution >= 0.6 is 0 Å². The fraction of sp³-hybridized carbons (Fsp3) is 0.562. The molecule has 1 aromatic heterocycles. The zero-order valence-electron chi connectivity index (χ0n) is 12.7. The first kappa shape index (κ1) is 14.8. The zero-order valence-corrected chi connectivity index (χ0v) is 12.7. The molecule has 0 spiro atoms. The molecule has 1 aromatic rings. The molecule has 2 fully saturated rings. The van der Waals surface area contributed by atoms with Gasteiger partial charge in [-0.05, 0) is 30.9 Å². The number of aromatic nitrogens is 1. The molecule has 2 aliphatic rings. The van der Waals surface area contributed by atoms with Crippen LogP contribution in [0.15, 0.2) is 18.3 Å². The summed E-state index contributed by atoms with van der Waals surface area (Å²) in [6.45, 7) is 4.65. The summed E-state index contributed by atoms with van der Waals surface area (Å²) >= 11 is 0. The van der Waals surface area contributed by atoms with Crippen molar-refractivity contribution in [3.63, 3.8) is 0 Å². The van der Waals surface area contributed by atoms with Crippen molar-refractivity contribution in [3.05, 3.63) is 24.0 Å². The molecule has 0 aromatic carbocycles. The molecule has 0 unspecified atom stereocenters. The number of carbonyl (C=O) groups is 2. The summed E-state index contributed by atoms with van der Waals surface area (Å²) in [7, 11) is 0. The van der Waals surface area contributed by atoms with Gasteiger partial charge in [-0.15, -0.1) is 0 Å². The fourth-order valence-electron chi connectivity index (χ4n) is 3.32. The van der Waals surface area contributed by atoms with E-state index in [0.717, 1.165) is 18.8 Å². The summed E-state index contributed by atoms with van der Waals surface area (Å²) in [5.74, 6) is -1.51. The van der Waals surface area contributed by atoms with E-state index in [2.05, 4.69) is 9.88 Å². The molecule has 6 heteroatoms. The van der Waals surface area contributed by atoms with Crippen LogP contribution in [0.5, 0.6) is 0 Å². The topological polar surface area (TPSA) is 73.7 Å². The number of carboxylic acids is 1. The molecule has 3 rings (SSSR count). The first-order valence-corrected chi connectivity index (χ1v) is 7.79. The van der Waals surface area contributed by atoms with Gasteiger partial charge in [0.25, 0.3) is 5.91 Å². The van der Waals surface area contributed by atoms with Crippen molar-refractivity contribution in [1.82, 2.24) is 9.88 Å². The number of aliphatic carboxylic acids is 1. The lowest BCUT2D eigenvalue weighted by Crippen LogP contribution is -2.30. The normalized spacial score (nSPS) is 24.8. The first-order valence-electron chi connectivity index (χ1n) is 7.79. The number of hydrogen-bond acceptors (Lipinski definition) is 4. The van der Waals surface area contributed by atoms with E-state index in [0.29, 0.717) is 12.2 Å². The number of pyridine rings is 1. The van der Waals surface area contributed by atoms with Gasteiger partial charge in [-0.3, -0.25) is 14.6 Å². The lowest BCUT2D eigenvalue weighted by Gasteiger charge is -2.19. The van der Waals surface area contributed by atoms with Crippen LogP contribution in [-0.2, 0) is 4.79 Å². The second-order valence-electron chi connectivity index (χ2n) is 6.23. The number of amides is 1. The van der Waals surface area contributed by atoms with Crippen LogP contribution in [0.2, 0.25) is 0 Å². The van der Waals surface area contributed by atoms with Crippen LogP contribution in [0.3, 0.4) is 0 Å². The Hall–Kier alpha value is -2.11. The third-order valence-electron chi connectivity index (χ3n) is 4.65. The van der Waals surface area contributed by atoms with Crippen molar-refractivity contribution in [3.8, 4) is 0 Å². The van der Waals surface area contributed by atoms with Gasteiger partial charge in [0.05, 0.1) is 5.92 Å². The molecule has 2 atom stereocenters. The van der Waals surface area contributed by atoms with Gasteiger partial charge in [0.2, 0.25) is 0 Å². The van der Waals surface area contributed by atoms with E-state index in [1.807, 2.05) is 19.1 Å². The SMILES string of the molecule is C[C@@H]1CN(C(=O)c2cc(N3CCCC3)ccn2)C[C@H]1C(=O)O. The molecule has 6 nitrogen and oxygen atoms in total. The van der Waals surface area contributed by atoms with Gasteiger partial charge in [0.1, 0.15) is 5.69 Å². The fourth-order valence-corrected chi connectivity index (χ4v) is 3.32. The van der Waals surface area contributed by atoms with E-state index in [1.165, 1.54) is 12.8 Å². The predicted molar refractivity (Wildman–Crippen MR) is 81.9 cm³/mol. The third-order valence-corrected chi connectivity index (χ3v) is 4.65. The number of nitrogens with zero attached hydrogens (tertiary/aromatic N) is 3. The Morgan fingerprint density at radius 1 is 1.27 bits per heavy atom. The molecule has 0 saturated carbocycles. The highest BCUT2D eigenvalue weighted by Crippen LogP contribution is 2.26. The Morgan fingerprint density at radius 2 is 2.00 bits per heavy atom. The summed E-state index contributed by atoms with van der Waals surface area (Å²) in [5, 5.41) is 9.18. The van der Waals surface area contributed by atoms with Crippen molar-refractivity contribution in [2.24, 2.45) is 11.8 Å². The molecular weight excluding hydrogens is 282 g/mol. The Bertz CT molecular complexity index is 584. The molecule has 2 aliphatic heterocycles. The van der Waals surface area contributed by atoms with Gasteiger partial charge < -0.3 is 14.9 Å². The molecule has 0 radical (unpaired) electrons. The summed E-state index contributed by atoms with van der Waals surface area (Å²) in [5.41, 5.74) is 1.43. The minimum absolute atomic E-state index is 0.0248. The largest absolute Gasteiger partial charge is 0.481 e. The summed E-state index contributed by atoms with van der Waals surface area (Å²) in [6, 6.07) is 3.75. The molecule has 1 amide bonds. The molecule has 22 heavy (non-hydrogen) atoms. The Labute approximate surface area is 129 Å². The zero-order chi connectivity index (χ0) is 15.7. The van der Waals surface area contributed by atoms with Crippen molar-refractivity contribution in [2.75, 3.05) is 31.1 Å². The van der Waals surface area contributed by atoms with Gasteiger partial charge in [-0.2, -0.15) is 0 Å². The van der Waals surface area contributed by atoms with Crippen LogP contribution in [-0.4, -0.2) is 53.0 Å². The Balaban J connectivity index is 1.75. The number of carbonyl (C=O) groups excluding carboxylic acids is 1. The molecule has 0 bridgehead atoms. The van der Waals surface area contributed by atoms with Crippen molar-refractivity contribution < 1.29 is 14.7 Å². The lowest BCUT2D eigenvalue weighted by atomic mass is 9.99. The van der Waals surface area contributed by atoms with Gasteiger partial charge in [0.15, 0.2) is 0 Å². The molecule has 118 valence electrons. The van der Waals surface area contributed by atoms with Gasteiger partial charge >= 0.3 is 5.97 Å². The maximum Gasteiger partial charge on any atom is 0.308 e. The minimum Gasteiger partial charge on any atom is -0.481 e. The predicted octanol–water partition coefficient (Wildman–Crippen LogP) is 1.47. The molecule has 2 saturated heterocycles. The maximum absolute atomic E-state index is 12.6. The second-order valence-corrected chi connectivity index (χ2v) is 6.23. The number of carboxylic acid groups (broad SMARTS) is 1. The highest BCUT2D eigenvalue weighted by atomic mass is 16.4. The van der Waals surface area contributed by atoms with E-state index < -0.39 is 11.9 Å². The monoisotopic (exact) mass is 303 g/mol. The van der Waals surface area contributed by atoms with Gasteiger partial charge in [0, 0.05) is 38.1 Å². The molecule has 3 heterocycles. The second kappa shape index (κ2) is 5.94. The van der Waals surface area contributed by atoms with Crippen LogP contribution < -0.4 is 4.90 Å². The Morgan fingerprint density at radius 3 is 2.64 bits per heavy atom. The standard InChI is InChI=1S/C16H21N3O3/c1-11-9-19(10-13(11)16(21)22)15(20)14-8-12(4-5-17-14)18-6-2-3-7-18/h4-5,8,11,13H,2-3,6-7,9-10H2,1H3,(H,21,22)/t11-,13-/m1/s1. The third kappa shape index (κ3) is 2.77. The van der Waals surface area contributed by atoms with Gasteiger partial charge in [-0.25, -0.2) is 0 Å². The van der Waals surface area contributed by atoms with Crippen molar-refractivity contribution >= 4 is 17.6 Å². The van der Waals surface area contributed by atoms with Crippen LogP contribution in [0, 0.1) is 11.8 Å². The first-order chi connectivity index (χ1) is 10.6. The van der Waals surface area contributed by atoms with E-state index in [4.69, 9.17) is 0 Å².